The summed E-state index contributed by atoms with van der Waals surface area (Å²) < 4.78 is 4.76. The minimum Gasteiger partial charge on any atom is -0.427 e. The second-order valence-corrected chi connectivity index (χ2v) is 2.48. The first-order valence-electron chi connectivity index (χ1n) is 3.68. The number of benzene rings is 1. The minimum atomic E-state index is -0.505. The van der Waals surface area contributed by atoms with Crippen molar-refractivity contribution in [3.05, 3.63) is 29.8 Å². The Balaban J connectivity index is 2.81. The summed E-state index contributed by atoms with van der Waals surface area (Å²) in [5.41, 5.74) is 5.40. The van der Waals surface area contributed by atoms with E-state index in [1.807, 2.05) is 0 Å². The molecule has 68 valence electrons. The van der Waals surface area contributed by atoms with E-state index in [1.54, 1.807) is 0 Å². The van der Waals surface area contributed by atoms with E-state index in [-0.39, 0.29) is 0 Å². The van der Waals surface area contributed by atoms with Gasteiger partial charge in [0.05, 0.1) is 0 Å². The first kappa shape index (κ1) is 9.25. The quantitative estimate of drug-likeness (QED) is 0.537. The molecule has 0 spiro atoms. The highest BCUT2D eigenvalue weighted by molar-refractivity contribution is 5.92. The molecular formula is C9H9NO3. The van der Waals surface area contributed by atoms with Gasteiger partial charge in [-0.2, -0.15) is 0 Å². The number of amides is 1. The number of carbonyl (C=O) groups is 2. The number of nitrogens with two attached hydrogens (primary N) is 1. The van der Waals surface area contributed by atoms with Crippen LogP contribution in [-0.4, -0.2) is 11.9 Å². The van der Waals surface area contributed by atoms with Gasteiger partial charge in [-0.1, -0.05) is 0 Å². The van der Waals surface area contributed by atoms with Crippen LogP contribution in [0.25, 0.3) is 0 Å². The van der Waals surface area contributed by atoms with E-state index in [9.17, 15) is 9.59 Å². The Morgan fingerprint density at radius 3 is 2.15 bits per heavy atom. The van der Waals surface area contributed by atoms with Gasteiger partial charge >= 0.3 is 5.97 Å². The number of carbonyl (C=O) groups excluding carboxylic acids is 2. The topological polar surface area (TPSA) is 69.4 Å². The normalized spacial score (nSPS) is 9.31. The van der Waals surface area contributed by atoms with Gasteiger partial charge in [0.2, 0.25) is 5.91 Å². The summed E-state index contributed by atoms with van der Waals surface area (Å²) in [5, 5.41) is 0. The van der Waals surface area contributed by atoms with Gasteiger partial charge in [0.25, 0.3) is 0 Å². The summed E-state index contributed by atoms with van der Waals surface area (Å²) in [4.78, 5) is 21.2. The number of esters is 1. The van der Waals surface area contributed by atoms with E-state index in [0.29, 0.717) is 11.3 Å². The van der Waals surface area contributed by atoms with Crippen molar-refractivity contribution in [1.82, 2.24) is 0 Å². The molecule has 0 aliphatic carbocycles. The van der Waals surface area contributed by atoms with E-state index in [1.165, 1.54) is 31.2 Å². The molecule has 1 amide bonds. The fourth-order valence-electron chi connectivity index (χ4n) is 0.853. The Morgan fingerprint density at radius 2 is 1.77 bits per heavy atom. The summed E-state index contributed by atoms with van der Waals surface area (Å²) in [6.07, 6.45) is 0. The number of ether oxygens (including phenoxy) is 1. The van der Waals surface area contributed by atoms with Crippen LogP contribution in [0, 0.1) is 0 Å². The average molecular weight is 179 g/mol. The highest BCUT2D eigenvalue weighted by atomic mass is 16.5. The zero-order chi connectivity index (χ0) is 9.84. The first-order valence-corrected chi connectivity index (χ1v) is 3.68. The van der Waals surface area contributed by atoms with Crippen LogP contribution >= 0.6 is 0 Å². The fourth-order valence-corrected chi connectivity index (χ4v) is 0.853. The molecule has 0 atom stereocenters. The Kier molecular flexibility index (Phi) is 2.64. The molecule has 13 heavy (non-hydrogen) atoms. The number of hydrogen-bond acceptors (Lipinski definition) is 3. The molecule has 0 aliphatic heterocycles. The molecule has 0 fully saturated rings. The lowest BCUT2D eigenvalue weighted by Crippen LogP contribution is -2.10. The Hall–Kier alpha value is -1.84. The van der Waals surface area contributed by atoms with Gasteiger partial charge in [-0.15, -0.1) is 0 Å². The molecule has 1 aromatic rings. The third-order valence-corrected chi connectivity index (χ3v) is 1.40. The maximum atomic E-state index is 10.6. The van der Waals surface area contributed by atoms with Crippen molar-refractivity contribution >= 4 is 11.9 Å². The molecule has 2 N–H and O–H groups in total. The van der Waals surface area contributed by atoms with Gasteiger partial charge in [0, 0.05) is 12.5 Å². The van der Waals surface area contributed by atoms with Crippen LogP contribution in [0.1, 0.15) is 17.3 Å². The minimum absolute atomic E-state index is 0.385. The standard InChI is InChI=1S/C9H9NO3/c1-6(11)13-8-4-2-7(3-5-8)9(10)12/h2-5H,1H3,(H2,10,12). The van der Waals surface area contributed by atoms with Gasteiger partial charge in [0.15, 0.2) is 0 Å². The molecule has 0 saturated heterocycles. The zero-order valence-electron chi connectivity index (χ0n) is 7.11. The second-order valence-electron chi connectivity index (χ2n) is 2.48. The van der Waals surface area contributed by atoms with E-state index >= 15 is 0 Å². The Labute approximate surface area is 75.3 Å². The van der Waals surface area contributed by atoms with Gasteiger partial charge < -0.3 is 10.5 Å². The highest BCUT2D eigenvalue weighted by Crippen LogP contribution is 2.11. The van der Waals surface area contributed by atoms with Crippen LogP contribution in [-0.2, 0) is 4.79 Å². The molecule has 0 unspecified atom stereocenters. The maximum Gasteiger partial charge on any atom is 0.308 e. The van der Waals surface area contributed by atoms with Gasteiger partial charge in [-0.25, -0.2) is 0 Å². The van der Waals surface area contributed by atoms with Crippen molar-refractivity contribution in [2.75, 3.05) is 0 Å². The van der Waals surface area contributed by atoms with Crippen molar-refractivity contribution in [1.29, 1.82) is 0 Å². The lowest BCUT2D eigenvalue weighted by molar-refractivity contribution is -0.131. The molecule has 1 rings (SSSR count). The van der Waals surface area contributed by atoms with Gasteiger partial charge in [0.1, 0.15) is 5.75 Å². The van der Waals surface area contributed by atoms with Crippen LogP contribution in [0.4, 0.5) is 0 Å². The Morgan fingerprint density at radius 1 is 1.23 bits per heavy atom. The fraction of sp³-hybridized carbons (Fsp3) is 0.111. The summed E-state index contributed by atoms with van der Waals surface area (Å²) in [6.45, 7) is 1.31. The lowest BCUT2D eigenvalue weighted by atomic mass is 10.2. The van der Waals surface area contributed by atoms with E-state index in [2.05, 4.69) is 0 Å². The van der Waals surface area contributed by atoms with Gasteiger partial charge in [-0.05, 0) is 24.3 Å². The van der Waals surface area contributed by atoms with Crippen molar-refractivity contribution in [2.45, 2.75) is 6.92 Å². The molecular weight excluding hydrogens is 170 g/mol. The number of rotatable bonds is 2. The first-order chi connectivity index (χ1) is 6.09. The molecule has 1 aromatic carbocycles. The molecule has 0 aliphatic rings. The molecule has 0 aromatic heterocycles. The second kappa shape index (κ2) is 3.71. The third-order valence-electron chi connectivity index (χ3n) is 1.40. The smallest absolute Gasteiger partial charge is 0.308 e. The molecule has 4 heteroatoms. The zero-order valence-corrected chi connectivity index (χ0v) is 7.11. The van der Waals surface area contributed by atoms with Crippen molar-refractivity contribution < 1.29 is 14.3 Å². The van der Waals surface area contributed by atoms with Gasteiger partial charge in [-0.3, -0.25) is 9.59 Å². The van der Waals surface area contributed by atoms with Crippen LogP contribution in [0.3, 0.4) is 0 Å². The number of primary amides is 1. The van der Waals surface area contributed by atoms with Crippen LogP contribution in [0.2, 0.25) is 0 Å². The molecule has 0 bridgehead atoms. The monoisotopic (exact) mass is 179 g/mol. The molecule has 0 saturated carbocycles. The molecule has 4 nitrogen and oxygen atoms in total. The molecule has 0 heterocycles. The average Bonchev–Trinajstić information content (AvgIpc) is 2.04. The van der Waals surface area contributed by atoms with Crippen molar-refractivity contribution in [3.8, 4) is 5.75 Å². The summed E-state index contributed by atoms with van der Waals surface area (Å²) >= 11 is 0. The van der Waals surface area contributed by atoms with Crippen molar-refractivity contribution in [3.63, 3.8) is 0 Å². The van der Waals surface area contributed by atoms with E-state index in [4.69, 9.17) is 10.5 Å². The van der Waals surface area contributed by atoms with Crippen LogP contribution in [0.5, 0.6) is 5.75 Å². The number of hydrogen-bond donors (Lipinski definition) is 1. The lowest BCUT2D eigenvalue weighted by Gasteiger charge is -2.00. The summed E-state index contributed by atoms with van der Waals surface area (Å²) in [7, 11) is 0. The largest absolute Gasteiger partial charge is 0.427 e. The Bertz CT molecular complexity index is 329. The predicted molar refractivity (Wildman–Crippen MR) is 46.3 cm³/mol. The van der Waals surface area contributed by atoms with Crippen LogP contribution in [0.15, 0.2) is 24.3 Å². The summed E-state index contributed by atoms with van der Waals surface area (Å²) in [6, 6.07) is 6.03. The predicted octanol–water partition coefficient (Wildman–Crippen LogP) is 0.711. The highest BCUT2D eigenvalue weighted by Gasteiger charge is 2.01. The van der Waals surface area contributed by atoms with Crippen molar-refractivity contribution in [2.24, 2.45) is 5.73 Å². The SMILES string of the molecule is CC(=O)Oc1ccc(C(N)=O)cc1. The summed E-state index contributed by atoms with van der Waals surface area (Å²) in [5.74, 6) is -0.501. The molecule has 0 radical (unpaired) electrons. The third kappa shape index (κ3) is 2.59. The van der Waals surface area contributed by atoms with E-state index in [0.717, 1.165) is 0 Å². The maximum absolute atomic E-state index is 10.6. The van der Waals surface area contributed by atoms with E-state index < -0.39 is 11.9 Å². The van der Waals surface area contributed by atoms with Crippen LogP contribution < -0.4 is 10.5 Å².